The molecule has 1 saturated carbocycles. The van der Waals surface area contributed by atoms with Gasteiger partial charge >= 0.3 is 0 Å². The maximum absolute atomic E-state index is 11.4. The fraction of sp³-hybridized carbons (Fsp3) is 0.438. The molecule has 1 aliphatic carbocycles. The van der Waals surface area contributed by atoms with Crippen LogP contribution < -0.4 is 5.32 Å². The number of aromatic nitrogens is 1. The van der Waals surface area contributed by atoms with Crippen molar-refractivity contribution in [2.45, 2.75) is 43.2 Å². The average molecular weight is 320 g/mol. The van der Waals surface area contributed by atoms with E-state index in [1.54, 1.807) is 17.6 Å². The molecule has 1 aromatic heterocycles. The summed E-state index contributed by atoms with van der Waals surface area (Å²) >= 11 is 1.79. The Labute approximate surface area is 132 Å². The van der Waals surface area contributed by atoms with Gasteiger partial charge in [-0.15, -0.1) is 11.3 Å². The largest absolute Gasteiger partial charge is 0.305 e. The second kappa shape index (κ2) is 6.38. The van der Waals surface area contributed by atoms with E-state index in [-0.39, 0.29) is 6.04 Å². The van der Waals surface area contributed by atoms with Gasteiger partial charge in [-0.1, -0.05) is 12.1 Å². The molecule has 0 amide bonds. The molecule has 112 valence electrons. The van der Waals surface area contributed by atoms with Crippen molar-refractivity contribution in [3.05, 3.63) is 45.9 Å². The molecule has 2 atom stereocenters. The summed E-state index contributed by atoms with van der Waals surface area (Å²) in [6.07, 6.45) is 4.31. The monoisotopic (exact) mass is 320 g/mol. The minimum absolute atomic E-state index is 0.258. The second-order valence-corrected chi connectivity index (χ2v) is 7.85. The highest BCUT2D eigenvalue weighted by atomic mass is 32.2. The van der Waals surface area contributed by atoms with E-state index in [2.05, 4.69) is 17.6 Å². The topological polar surface area (TPSA) is 42.0 Å². The molecule has 1 aliphatic rings. The van der Waals surface area contributed by atoms with E-state index in [1.807, 2.05) is 24.3 Å². The van der Waals surface area contributed by atoms with E-state index in [4.69, 9.17) is 4.98 Å². The van der Waals surface area contributed by atoms with Gasteiger partial charge < -0.3 is 5.32 Å². The molecule has 2 aromatic rings. The quantitative estimate of drug-likeness (QED) is 0.884. The summed E-state index contributed by atoms with van der Waals surface area (Å²) in [7, 11) is -0.905. The lowest BCUT2D eigenvalue weighted by atomic mass is 10.2. The number of nitrogens with zero attached hydrogens (tertiary/aromatic N) is 1. The molecule has 0 aliphatic heterocycles. The van der Waals surface area contributed by atoms with Crippen LogP contribution in [0, 0.1) is 0 Å². The molecule has 0 bridgehead atoms. The third kappa shape index (κ3) is 3.78. The Morgan fingerprint density at radius 3 is 2.71 bits per heavy atom. The predicted molar refractivity (Wildman–Crippen MR) is 88.1 cm³/mol. The van der Waals surface area contributed by atoms with E-state index in [9.17, 15) is 4.21 Å². The summed E-state index contributed by atoms with van der Waals surface area (Å²) in [6, 6.07) is 8.20. The summed E-state index contributed by atoms with van der Waals surface area (Å²) in [6.45, 7) is 2.95. The van der Waals surface area contributed by atoms with E-state index < -0.39 is 10.8 Å². The number of nitrogens with one attached hydrogen (secondary N) is 1. The maximum atomic E-state index is 11.4. The van der Waals surface area contributed by atoms with Gasteiger partial charge in [0.25, 0.3) is 0 Å². The van der Waals surface area contributed by atoms with E-state index in [0.29, 0.717) is 0 Å². The summed E-state index contributed by atoms with van der Waals surface area (Å²) in [4.78, 5) is 5.61. The molecule has 1 heterocycles. The molecule has 0 radical (unpaired) electrons. The SMILES string of the molecule is C[C@@H](NCc1ccc([S@](C)=O)cc1)c1csc(C2CC2)n1. The lowest BCUT2D eigenvalue weighted by Gasteiger charge is -2.11. The third-order valence-corrected chi connectivity index (χ3v) is 5.74. The van der Waals surface area contributed by atoms with Crippen LogP contribution in [-0.2, 0) is 17.3 Å². The molecule has 1 aromatic carbocycles. The number of rotatable bonds is 6. The molecular formula is C16H20N2OS2. The number of benzene rings is 1. The molecule has 0 saturated heterocycles. The fourth-order valence-electron chi connectivity index (χ4n) is 2.19. The van der Waals surface area contributed by atoms with Crippen LogP contribution in [0.5, 0.6) is 0 Å². The van der Waals surface area contributed by atoms with Crippen LogP contribution in [0.1, 0.15) is 48.0 Å². The first-order valence-electron chi connectivity index (χ1n) is 7.24. The van der Waals surface area contributed by atoms with Gasteiger partial charge in [0.2, 0.25) is 0 Å². The highest BCUT2D eigenvalue weighted by molar-refractivity contribution is 7.84. The number of hydrogen-bond acceptors (Lipinski definition) is 4. The van der Waals surface area contributed by atoms with Gasteiger partial charge in [-0.3, -0.25) is 4.21 Å². The van der Waals surface area contributed by atoms with Crippen LogP contribution in [0.25, 0.3) is 0 Å². The minimum atomic E-state index is -0.905. The Kier molecular flexibility index (Phi) is 4.52. The summed E-state index contributed by atoms with van der Waals surface area (Å²) in [5, 5.41) is 6.98. The lowest BCUT2D eigenvalue weighted by Crippen LogP contribution is -2.18. The van der Waals surface area contributed by atoms with Gasteiger partial charge in [-0.05, 0) is 37.5 Å². The Hall–Kier alpha value is -1.04. The number of thiazole rings is 1. The summed E-state index contributed by atoms with van der Waals surface area (Å²) in [5.74, 6) is 0.735. The zero-order valence-electron chi connectivity index (χ0n) is 12.3. The molecule has 1 N–H and O–H groups in total. The van der Waals surface area contributed by atoms with Gasteiger partial charge in [0.15, 0.2) is 0 Å². The van der Waals surface area contributed by atoms with Crippen LogP contribution in [-0.4, -0.2) is 15.4 Å². The van der Waals surface area contributed by atoms with E-state index >= 15 is 0 Å². The fourth-order valence-corrected chi connectivity index (χ4v) is 3.80. The predicted octanol–water partition coefficient (Wildman–Crippen LogP) is 3.61. The summed E-state index contributed by atoms with van der Waals surface area (Å²) < 4.78 is 11.4. The zero-order valence-corrected chi connectivity index (χ0v) is 14.0. The van der Waals surface area contributed by atoms with Gasteiger partial charge in [-0.25, -0.2) is 4.98 Å². The van der Waals surface area contributed by atoms with Gasteiger partial charge in [-0.2, -0.15) is 0 Å². The normalized spacial score (nSPS) is 17.6. The molecule has 3 nitrogen and oxygen atoms in total. The van der Waals surface area contributed by atoms with Crippen molar-refractivity contribution in [2.75, 3.05) is 6.26 Å². The van der Waals surface area contributed by atoms with Crippen molar-refractivity contribution < 1.29 is 4.21 Å². The van der Waals surface area contributed by atoms with Crippen LogP contribution in [0.15, 0.2) is 34.5 Å². The third-order valence-electron chi connectivity index (χ3n) is 3.78. The maximum Gasteiger partial charge on any atom is 0.0959 e. The van der Waals surface area contributed by atoms with Crippen molar-refractivity contribution in [3.8, 4) is 0 Å². The van der Waals surface area contributed by atoms with Gasteiger partial charge in [0.05, 0.1) is 10.7 Å². The van der Waals surface area contributed by atoms with Crippen LogP contribution >= 0.6 is 11.3 Å². The van der Waals surface area contributed by atoms with Crippen LogP contribution in [0.4, 0.5) is 0 Å². The number of hydrogen-bond donors (Lipinski definition) is 1. The van der Waals surface area contributed by atoms with Crippen molar-refractivity contribution in [3.63, 3.8) is 0 Å². The second-order valence-electron chi connectivity index (χ2n) is 5.59. The highest BCUT2D eigenvalue weighted by Crippen LogP contribution is 2.41. The highest BCUT2D eigenvalue weighted by Gasteiger charge is 2.27. The first-order chi connectivity index (χ1) is 10.1. The van der Waals surface area contributed by atoms with Crippen LogP contribution in [0.3, 0.4) is 0 Å². The Morgan fingerprint density at radius 1 is 1.38 bits per heavy atom. The van der Waals surface area contributed by atoms with Crippen molar-refractivity contribution in [1.29, 1.82) is 0 Å². The Bertz CT molecular complexity index is 632. The standard InChI is InChI=1S/C16H20N2OS2/c1-11(15-10-20-16(18-15)13-5-6-13)17-9-12-3-7-14(8-4-12)21(2)19/h3-4,7-8,10-11,13,17H,5-6,9H2,1-2H3/t11-,21+/m1/s1. The molecule has 21 heavy (non-hydrogen) atoms. The Morgan fingerprint density at radius 2 is 2.10 bits per heavy atom. The smallest absolute Gasteiger partial charge is 0.0959 e. The summed E-state index contributed by atoms with van der Waals surface area (Å²) in [5.41, 5.74) is 2.35. The van der Waals surface area contributed by atoms with Crippen molar-refractivity contribution in [2.24, 2.45) is 0 Å². The first kappa shape index (κ1) is 14.9. The average Bonchev–Trinajstić information content (AvgIpc) is 3.22. The molecule has 0 unspecified atom stereocenters. The Balaban J connectivity index is 1.56. The first-order valence-corrected chi connectivity index (χ1v) is 9.68. The van der Waals surface area contributed by atoms with Crippen molar-refractivity contribution >= 4 is 22.1 Å². The lowest BCUT2D eigenvalue weighted by molar-refractivity contribution is 0.562. The molecular weight excluding hydrogens is 300 g/mol. The van der Waals surface area contributed by atoms with E-state index in [1.165, 1.54) is 23.4 Å². The molecule has 3 rings (SSSR count). The van der Waals surface area contributed by atoms with Crippen molar-refractivity contribution in [1.82, 2.24) is 10.3 Å². The molecule has 5 heteroatoms. The van der Waals surface area contributed by atoms with Gasteiger partial charge in [0, 0.05) is 45.8 Å². The van der Waals surface area contributed by atoms with Gasteiger partial charge in [0.1, 0.15) is 0 Å². The van der Waals surface area contributed by atoms with E-state index in [0.717, 1.165) is 23.1 Å². The molecule has 1 fully saturated rings. The minimum Gasteiger partial charge on any atom is -0.305 e. The zero-order chi connectivity index (χ0) is 14.8. The van der Waals surface area contributed by atoms with Crippen LogP contribution in [0.2, 0.25) is 0 Å². The molecule has 0 spiro atoms.